The molecule has 2 heteroatoms. The third-order valence-corrected chi connectivity index (χ3v) is 65.9. The van der Waals surface area contributed by atoms with Crippen LogP contribution in [0.5, 0.6) is 0 Å². The Bertz CT molecular complexity index is 1480. The Morgan fingerprint density at radius 2 is 1.33 bits per heavy atom. The van der Waals surface area contributed by atoms with Crippen molar-refractivity contribution in [3.8, 4) is 11.1 Å². The van der Waals surface area contributed by atoms with E-state index in [0.29, 0.717) is 0 Å². The monoisotopic (exact) mass is 370 g/mol. The van der Waals surface area contributed by atoms with E-state index in [0.717, 1.165) is 8.37 Å². The molecule has 0 bridgehead atoms. The average molecular weight is 370 g/mol. The molecule has 120 valence electrons. The SMILES string of the molecule is P[C]12[CH]3[CH]4[CH]5[C]1(c1ccccc1-c1ccccc1)[Fe]43521678[CH]2[CH]1[CH]6[CH]7[CH]28. The first kappa shape index (κ1) is 9.91. The van der Waals surface area contributed by atoms with Gasteiger partial charge in [0, 0.05) is 0 Å². The van der Waals surface area contributed by atoms with E-state index >= 15 is 0 Å². The van der Waals surface area contributed by atoms with Crippen molar-refractivity contribution in [2.24, 2.45) is 0 Å². The molecule has 10 heterocycles. The van der Waals surface area contributed by atoms with Crippen molar-refractivity contribution in [3.63, 3.8) is 0 Å². The van der Waals surface area contributed by atoms with E-state index < -0.39 is 6.51 Å². The quantitative estimate of drug-likeness (QED) is 0.454. The Morgan fingerprint density at radius 1 is 0.708 bits per heavy atom. The van der Waals surface area contributed by atoms with Crippen LogP contribution >= 0.6 is 9.24 Å². The van der Waals surface area contributed by atoms with Crippen molar-refractivity contribution in [2.75, 3.05) is 0 Å². The van der Waals surface area contributed by atoms with Gasteiger partial charge >= 0.3 is 134 Å². The van der Waals surface area contributed by atoms with Gasteiger partial charge in [-0.3, -0.25) is 0 Å². The Morgan fingerprint density at radius 3 is 1.83 bits per heavy atom. The fourth-order valence-corrected chi connectivity index (χ4v) is 104. The Balaban J connectivity index is 1.36. The van der Waals surface area contributed by atoms with Gasteiger partial charge < -0.3 is 0 Å². The molecule has 2 aromatic carbocycles. The molecule has 0 nitrogen and oxygen atoms in total. The zero-order valence-electron chi connectivity index (χ0n) is 13.2. The molecule has 1 spiro atoms. The van der Waals surface area contributed by atoms with E-state index in [2.05, 4.69) is 63.8 Å². The van der Waals surface area contributed by atoms with E-state index in [1.54, 1.807) is 5.56 Å². The molecular formula is C22H19FeP. The van der Waals surface area contributed by atoms with Crippen molar-refractivity contribution in [3.05, 3.63) is 60.2 Å². The third-order valence-electron chi connectivity index (χ3n) is 17.4. The molecule has 24 heavy (non-hydrogen) atoms. The summed E-state index contributed by atoms with van der Waals surface area (Å²) in [6.45, 7) is -3.24. The van der Waals surface area contributed by atoms with Gasteiger partial charge in [-0.05, 0) is 0 Å². The van der Waals surface area contributed by atoms with Crippen LogP contribution in [0, 0.1) is 0 Å². The van der Waals surface area contributed by atoms with Gasteiger partial charge in [0.15, 0.2) is 0 Å². The summed E-state index contributed by atoms with van der Waals surface area (Å²) in [4.78, 5) is 10.9. The first-order chi connectivity index (χ1) is 11.5. The topological polar surface area (TPSA) is 0 Å². The fraction of sp³-hybridized carbons (Fsp3) is 0.455. The second-order valence-corrected chi connectivity index (χ2v) is 37.4. The van der Waals surface area contributed by atoms with E-state index in [9.17, 15) is 0 Å². The molecule has 2 aromatic rings. The molecule has 0 amide bonds. The van der Waals surface area contributed by atoms with E-state index in [4.69, 9.17) is 0 Å². The Kier molecular flexibility index (Phi) is 0.437. The van der Waals surface area contributed by atoms with Crippen LogP contribution in [0.4, 0.5) is 0 Å². The van der Waals surface area contributed by atoms with Crippen molar-refractivity contribution in [1.29, 1.82) is 0 Å². The molecule has 0 saturated carbocycles. The Labute approximate surface area is 133 Å². The van der Waals surface area contributed by atoms with Crippen LogP contribution in [0.15, 0.2) is 54.6 Å². The van der Waals surface area contributed by atoms with Crippen LogP contribution < -0.4 is 0 Å². The van der Waals surface area contributed by atoms with Gasteiger partial charge in [0.25, 0.3) is 0 Å². The minimum absolute atomic E-state index is 0.781. The third kappa shape index (κ3) is 0.136. The molecule has 12 rings (SSSR count). The maximum atomic E-state index is 3.65. The van der Waals surface area contributed by atoms with Gasteiger partial charge in [-0.1, -0.05) is 0 Å². The van der Waals surface area contributed by atoms with Gasteiger partial charge in [-0.2, -0.15) is 0 Å². The van der Waals surface area contributed by atoms with Crippen molar-refractivity contribution in [2.45, 2.75) is 46.9 Å². The summed E-state index contributed by atoms with van der Waals surface area (Å²) in [6.07, 6.45) is 0. The minimum atomic E-state index is -3.24. The number of benzene rings is 2. The summed E-state index contributed by atoms with van der Waals surface area (Å²) in [6, 6.07) is 21.0. The molecule has 6 unspecified atom stereocenters. The van der Waals surface area contributed by atoms with E-state index in [1.807, 2.05) is 5.56 Å². The molecule has 0 N–H and O–H groups in total. The van der Waals surface area contributed by atoms with Gasteiger partial charge in [0.1, 0.15) is 0 Å². The summed E-state index contributed by atoms with van der Waals surface area (Å²) in [5, 5.41) is 0. The molecule has 6 atom stereocenters. The van der Waals surface area contributed by atoms with Gasteiger partial charge in [-0.25, -0.2) is 0 Å². The second kappa shape index (κ2) is 1.06. The van der Waals surface area contributed by atoms with Crippen LogP contribution in [-0.2, 0) is 10.8 Å². The molecule has 0 aromatic heterocycles. The molecule has 0 radical (unpaired) electrons. The number of hydrogen-bond acceptors (Lipinski definition) is 0. The molecule has 10 aliphatic heterocycles. The molecule has 0 aliphatic carbocycles. The summed E-state index contributed by atoms with van der Waals surface area (Å²) in [5.41, 5.74) is 4.93. The second-order valence-electron chi connectivity index (χ2n) is 12.7. The standard InChI is InChI=1S/C17H14P.C5H5.Fe/c18-17-12-6-11-16(17)15-10-5-4-9-14(15)13-7-2-1-3-8-13;1-2-4-5-3-1;/h1-12H,18H2;1-5H;. The zero-order valence-corrected chi connectivity index (χ0v) is 15.5. The molecular weight excluding hydrogens is 351 g/mol. The zero-order chi connectivity index (χ0) is 15.0. The summed E-state index contributed by atoms with van der Waals surface area (Å²) in [7, 11) is 3.65. The molecule has 10 aliphatic rings. The van der Waals surface area contributed by atoms with Crippen molar-refractivity contribution < 1.29 is 6.51 Å². The number of hydrogen-bond donors (Lipinski definition) is 0. The maximum absolute atomic E-state index is 3.65. The number of fused-ring (bicyclic) bond motifs is 10. The normalized spacial score (nSPS) is 90.7. The average Bonchev–Trinajstić information content (AvgIpc) is 3.58. The van der Waals surface area contributed by atoms with E-state index in [1.165, 1.54) is 44.1 Å². The molecule has 10 fully saturated rings. The summed E-state index contributed by atoms with van der Waals surface area (Å²) >= 11 is 0. The van der Waals surface area contributed by atoms with E-state index in [-0.39, 0.29) is 0 Å². The van der Waals surface area contributed by atoms with Crippen molar-refractivity contribution >= 4 is 9.24 Å². The summed E-state index contributed by atoms with van der Waals surface area (Å²) < 4.78 is 1.61. The molecule has 10 saturated heterocycles. The van der Waals surface area contributed by atoms with Crippen LogP contribution in [0.2, 0.25) is 38.5 Å². The van der Waals surface area contributed by atoms with Crippen molar-refractivity contribution in [1.82, 2.24) is 0 Å². The Hall–Kier alpha value is -0.611. The first-order valence-corrected chi connectivity index (χ1v) is 16.5. The van der Waals surface area contributed by atoms with Crippen LogP contribution in [-0.4, -0.2) is 4.05 Å². The predicted octanol–water partition coefficient (Wildman–Crippen LogP) is 5.93. The first-order valence-electron chi connectivity index (χ1n) is 9.67. The van der Waals surface area contributed by atoms with Gasteiger partial charge in [0.2, 0.25) is 0 Å². The summed E-state index contributed by atoms with van der Waals surface area (Å²) in [5.74, 6) is 0. The van der Waals surface area contributed by atoms with Crippen LogP contribution in [0.1, 0.15) is 5.56 Å². The van der Waals surface area contributed by atoms with Crippen LogP contribution in [0.25, 0.3) is 11.1 Å². The predicted molar refractivity (Wildman–Crippen MR) is 96.0 cm³/mol. The fourth-order valence-electron chi connectivity index (χ4n) is 19.1. The van der Waals surface area contributed by atoms with Gasteiger partial charge in [0.05, 0.1) is 0 Å². The van der Waals surface area contributed by atoms with Crippen LogP contribution in [0.3, 0.4) is 0 Å². The van der Waals surface area contributed by atoms with Gasteiger partial charge in [-0.15, -0.1) is 0 Å². The number of rotatable bonds is 2.